The Morgan fingerprint density at radius 1 is 0.724 bits per heavy atom. The molecule has 0 bridgehead atoms. The summed E-state index contributed by atoms with van der Waals surface area (Å²) in [6, 6.07) is 6.53. The van der Waals surface area contributed by atoms with Gasteiger partial charge < -0.3 is 40.1 Å². The molecule has 0 saturated heterocycles. The molecule has 0 spiro atoms. The van der Waals surface area contributed by atoms with E-state index in [1.807, 2.05) is 0 Å². The van der Waals surface area contributed by atoms with Crippen LogP contribution in [0.25, 0.3) is 0 Å². The first-order valence-electron chi connectivity index (χ1n) is 9.03. The summed E-state index contributed by atoms with van der Waals surface area (Å²) in [5.74, 6) is -1.10. The van der Waals surface area contributed by atoms with Crippen LogP contribution in [0, 0.1) is 5.41 Å². The molecule has 1 heterocycles. The molecular formula is C19H30O10. The summed E-state index contributed by atoms with van der Waals surface area (Å²) in [6.45, 7) is -0.0781. The van der Waals surface area contributed by atoms with Gasteiger partial charge in [0, 0.05) is 26.4 Å². The summed E-state index contributed by atoms with van der Waals surface area (Å²) < 4.78 is 9.35. The van der Waals surface area contributed by atoms with Crippen molar-refractivity contribution in [3.8, 4) is 0 Å². The quantitative estimate of drug-likeness (QED) is 0.152. The Balaban J connectivity index is 0.000000411. The van der Waals surface area contributed by atoms with Crippen molar-refractivity contribution in [1.29, 1.82) is 0 Å². The minimum Gasteiger partial charge on any atom is -0.396 e. The average Bonchev–Trinajstić information content (AvgIpc) is 3.05. The molecule has 10 heteroatoms. The van der Waals surface area contributed by atoms with Crippen LogP contribution in [-0.2, 0) is 9.47 Å². The van der Waals surface area contributed by atoms with E-state index in [9.17, 15) is 9.59 Å². The lowest BCUT2D eigenvalue weighted by Gasteiger charge is -2.23. The fraction of sp³-hybridized carbons (Fsp3) is 0.579. The van der Waals surface area contributed by atoms with E-state index in [0.29, 0.717) is 37.2 Å². The number of esters is 2. The molecule has 0 aliphatic carbocycles. The number of hydrogen-bond donors (Lipinski definition) is 6. The van der Waals surface area contributed by atoms with Gasteiger partial charge in [-0.2, -0.15) is 0 Å². The summed E-state index contributed by atoms with van der Waals surface area (Å²) in [5.41, 5.74) is -0.394. The zero-order valence-corrected chi connectivity index (χ0v) is 16.2. The third-order valence-electron chi connectivity index (χ3n) is 3.79. The van der Waals surface area contributed by atoms with Gasteiger partial charge >= 0.3 is 11.9 Å². The summed E-state index contributed by atoms with van der Waals surface area (Å²) in [6.07, 6.45) is 1.37. The van der Waals surface area contributed by atoms with Gasteiger partial charge in [0.25, 0.3) is 0 Å². The van der Waals surface area contributed by atoms with Crippen molar-refractivity contribution >= 4 is 11.9 Å². The topological polar surface area (TPSA) is 174 Å². The highest BCUT2D eigenvalue weighted by Gasteiger charge is 2.28. The second-order valence-corrected chi connectivity index (χ2v) is 6.12. The second-order valence-electron chi connectivity index (χ2n) is 6.12. The first-order chi connectivity index (χ1) is 13.9. The minimum absolute atomic E-state index is 0.180. The SMILES string of the molecule is O=C1OC(=O)c2ccccc21.OCC(CO)(CO)CO.OCCCOCCCO. The normalized spacial score (nSPS) is 12.3. The van der Waals surface area contributed by atoms with Gasteiger partial charge in [0.1, 0.15) is 0 Å². The van der Waals surface area contributed by atoms with Crippen LogP contribution in [0.3, 0.4) is 0 Å². The first-order valence-corrected chi connectivity index (χ1v) is 9.03. The summed E-state index contributed by atoms with van der Waals surface area (Å²) >= 11 is 0. The number of aliphatic hydroxyl groups is 6. The smallest absolute Gasteiger partial charge is 0.346 e. The van der Waals surface area contributed by atoms with Crippen LogP contribution in [0.15, 0.2) is 24.3 Å². The zero-order chi connectivity index (χ0) is 22.1. The largest absolute Gasteiger partial charge is 0.396 e. The third kappa shape index (κ3) is 9.90. The van der Waals surface area contributed by atoms with E-state index in [2.05, 4.69) is 4.74 Å². The van der Waals surface area contributed by atoms with Crippen LogP contribution in [0.2, 0.25) is 0 Å². The van der Waals surface area contributed by atoms with Crippen molar-refractivity contribution in [1.82, 2.24) is 0 Å². The molecule has 0 aromatic heterocycles. The summed E-state index contributed by atoms with van der Waals surface area (Å²) in [7, 11) is 0. The Labute approximate surface area is 168 Å². The van der Waals surface area contributed by atoms with Crippen LogP contribution in [-0.4, -0.2) is 95.4 Å². The highest BCUT2D eigenvalue weighted by atomic mass is 16.6. The number of hydrogen-bond acceptors (Lipinski definition) is 10. The van der Waals surface area contributed by atoms with E-state index in [0.717, 1.165) is 0 Å². The van der Waals surface area contributed by atoms with Gasteiger partial charge in [0.05, 0.1) is 43.0 Å². The lowest BCUT2D eigenvalue weighted by atomic mass is 9.93. The second kappa shape index (κ2) is 15.9. The number of cyclic esters (lactones) is 2. The van der Waals surface area contributed by atoms with Gasteiger partial charge in [-0.25, -0.2) is 9.59 Å². The number of ether oxygens (including phenoxy) is 2. The number of carbonyl (C=O) groups excluding carboxylic acids is 2. The van der Waals surface area contributed by atoms with Gasteiger partial charge in [-0.1, -0.05) is 12.1 Å². The molecule has 0 atom stereocenters. The van der Waals surface area contributed by atoms with Crippen LogP contribution < -0.4 is 0 Å². The molecule has 0 fully saturated rings. The van der Waals surface area contributed by atoms with Gasteiger partial charge in [-0.15, -0.1) is 0 Å². The summed E-state index contributed by atoms with van der Waals surface area (Å²) in [5, 5.41) is 50.6. The van der Waals surface area contributed by atoms with Gasteiger partial charge in [-0.05, 0) is 25.0 Å². The maximum atomic E-state index is 10.8. The van der Waals surface area contributed by atoms with Crippen LogP contribution in [0.1, 0.15) is 33.6 Å². The highest BCUT2D eigenvalue weighted by Crippen LogP contribution is 2.18. The van der Waals surface area contributed by atoms with Crippen LogP contribution in [0.4, 0.5) is 0 Å². The zero-order valence-electron chi connectivity index (χ0n) is 16.2. The van der Waals surface area contributed by atoms with Crippen molar-refractivity contribution in [2.75, 3.05) is 52.9 Å². The van der Waals surface area contributed by atoms with Crippen molar-refractivity contribution < 1.29 is 49.7 Å². The Kier molecular flexibility index (Phi) is 14.9. The molecule has 1 aliphatic rings. The molecular weight excluding hydrogens is 388 g/mol. The fourth-order valence-electron chi connectivity index (χ4n) is 1.77. The number of benzene rings is 1. The Morgan fingerprint density at radius 2 is 1.10 bits per heavy atom. The predicted octanol–water partition coefficient (Wildman–Crippen LogP) is -1.29. The first kappa shape index (κ1) is 27.1. The molecule has 0 unspecified atom stereocenters. The van der Waals surface area contributed by atoms with E-state index >= 15 is 0 Å². The molecule has 10 nitrogen and oxygen atoms in total. The molecule has 2 rings (SSSR count). The number of fused-ring (bicyclic) bond motifs is 1. The fourth-order valence-corrected chi connectivity index (χ4v) is 1.77. The third-order valence-corrected chi connectivity index (χ3v) is 3.79. The lowest BCUT2D eigenvalue weighted by Crippen LogP contribution is -2.37. The molecule has 1 aliphatic heterocycles. The van der Waals surface area contributed by atoms with Crippen molar-refractivity contribution in [2.24, 2.45) is 5.41 Å². The van der Waals surface area contributed by atoms with E-state index in [1.165, 1.54) is 0 Å². The van der Waals surface area contributed by atoms with Crippen molar-refractivity contribution in [3.63, 3.8) is 0 Å². The van der Waals surface area contributed by atoms with Crippen molar-refractivity contribution in [3.05, 3.63) is 35.4 Å². The van der Waals surface area contributed by atoms with Gasteiger partial charge in [0.15, 0.2) is 0 Å². The number of aliphatic hydroxyl groups excluding tert-OH is 6. The van der Waals surface area contributed by atoms with Crippen LogP contribution >= 0.6 is 0 Å². The molecule has 29 heavy (non-hydrogen) atoms. The molecule has 0 radical (unpaired) electrons. The molecule has 6 N–H and O–H groups in total. The van der Waals surface area contributed by atoms with Crippen molar-refractivity contribution in [2.45, 2.75) is 12.8 Å². The Bertz CT molecular complexity index is 530. The van der Waals surface area contributed by atoms with Gasteiger partial charge in [-0.3, -0.25) is 0 Å². The molecule has 1 aromatic carbocycles. The standard InChI is InChI=1S/C8H4O3.C6H14O3.C5H12O4/c9-7-5-3-1-2-4-6(5)8(10)11-7;7-3-1-5-9-6-2-4-8;6-1-5(2-7,3-8)4-9/h1-4H;7-8H,1-6H2;6-9H,1-4H2. The Hall–Kier alpha value is -1.92. The number of carbonyl (C=O) groups is 2. The minimum atomic E-state index is -1.11. The Morgan fingerprint density at radius 3 is 1.38 bits per heavy atom. The highest BCUT2D eigenvalue weighted by molar-refractivity contribution is 6.14. The molecule has 166 valence electrons. The van der Waals surface area contributed by atoms with E-state index in [1.54, 1.807) is 24.3 Å². The molecule has 1 aromatic rings. The van der Waals surface area contributed by atoms with Gasteiger partial charge in [0.2, 0.25) is 0 Å². The summed E-state index contributed by atoms with van der Waals surface area (Å²) in [4.78, 5) is 21.7. The van der Waals surface area contributed by atoms with E-state index in [-0.39, 0.29) is 13.2 Å². The number of rotatable bonds is 10. The maximum Gasteiger partial charge on any atom is 0.346 e. The molecule has 0 saturated carbocycles. The van der Waals surface area contributed by atoms with E-state index in [4.69, 9.17) is 35.4 Å². The van der Waals surface area contributed by atoms with Crippen LogP contribution in [0.5, 0.6) is 0 Å². The maximum absolute atomic E-state index is 10.8. The predicted molar refractivity (Wildman–Crippen MR) is 101 cm³/mol. The monoisotopic (exact) mass is 418 g/mol. The van der Waals surface area contributed by atoms with E-state index < -0.39 is 43.8 Å². The average molecular weight is 418 g/mol. The molecule has 0 amide bonds. The lowest BCUT2D eigenvalue weighted by molar-refractivity contribution is -0.0328.